The van der Waals surface area contributed by atoms with Crippen LogP contribution in [0.2, 0.25) is 0 Å². The normalized spacial score (nSPS) is 15.0. The van der Waals surface area contributed by atoms with Gasteiger partial charge in [0.05, 0.1) is 5.69 Å². The molecule has 1 amide bonds. The molecule has 3 aromatic rings. The van der Waals surface area contributed by atoms with Crippen molar-refractivity contribution < 1.29 is 4.79 Å². The van der Waals surface area contributed by atoms with Gasteiger partial charge in [0.25, 0.3) is 5.91 Å². The Hall–Kier alpha value is -2.92. The molecule has 144 valence electrons. The standard InChI is InChI=1S/C23H26N4O/c1-17-8-9-20(14-18(17)2)21-15-22(25-24-21)23(28)27-12-10-26(11-13-27)16-19-6-4-3-5-7-19/h3-9,14-15H,10-13,16H2,1-2H3,(H,24,25). The van der Waals surface area contributed by atoms with E-state index in [4.69, 9.17) is 0 Å². The van der Waals surface area contributed by atoms with Crippen LogP contribution in [0.15, 0.2) is 54.6 Å². The summed E-state index contributed by atoms with van der Waals surface area (Å²) in [5.41, 5.74) is 6.20. The molecule has 0 bridgehead atoms. The molecule has 5 nitrogen and oxygen atoms in total. The second kappa shape index (κ2) is 7.98. The first-order chi connectivity index (χ1) is 13.6. The number of carbonyl (C=O) groups is 1. The molecule has 1 aliphatic heterocycles. The number of rotatable bonds is 4. The number of aromatic nitrogens is 2. The van der Waals surface area contributed by atoms with Crippen LogP contribution >= 0.6 is 0 Å². The molecule has 0 radical (unpaired) electrons. The Morgan fingerprint density at radius 2 is 1.71 bits per heavy atom. The fourth-order valence-corrected chi connectivity index (χ4v) is 3.60. The first kappa shape index (κ1) is 18.4. The summed E-state index contributed by atoms with van der Waals surface area (Å²) in [5, 5.41) is 7.29. The Morgan fingerprint density at radius 3 is 2.43 bits per heavy atom. The van der Waals surface area contributed by atoms with Gasteiger partial charge in [0.2, 0.25) is 0 Å². The Labute approximate surface area is 166 Å². The van der Waals surface area contributed by atoms with Gasteiger partial charge in [-0.2, -0.15) is 5.10 Å². The van der Waals surface area contributed by atoms with Gasteiger partial charge in [-0.1, -0.05) is 42.5 Å². The summed E-state index contributed by atoms with van der Waals surface area (Å²) in [6.45, 7) is 8.37. The summed E-state index contributed by atoms with van der Waals surface area (Å²) in [6.07, 6.45) is 0. The molecule has 1 fully saturated rings. The molecule has 1 aromatic heterocycles. The number of H-pyrrole nitrogens is 1. The molecular formula is C23H26N4O. The molecular weight excluding hydrogens is 348 g/mol. The zero-order valence-electron chi connectivity index (χ0n) is 16.5. The van der Waals surface area contributed by atoms with E-state index in [1.807, 2.05) is 17.0 Å². The molecule has 1 aliphatic rings. The van der Waals surface area contributed by atoms with E-state index in [2.05, 4.69) is 71.4 Å². The molecule has 5 heteroatoms. The third kappa shape index (κ3) is 3.99. The molecule has 1 saturated heterocycles. The van der Waals surface area contributed by atoms with Crippen LogP contribution in [0, 0.1) is 13.8 Å². The minimum absolute atomic E-state index is 0.0296. The van der Waals surface area contributed by atoms with Crippen LogP contribution in [0.25, 0.3) is 11.3 Å². The van der Waals surface area contributed by atoms with Gasteiger partial charge in [-0.05, 0) is 42.7 Å². The maximum absolute atomic E-state index is 12.9. The van der Waals surface area contributed by atoms with Crippen molar-refractivity contribution in [3.8, 4) is 11.3 Å². The zero-order chi connectivity index (χ0) is 19.5. The molecule has 0 aliphatic carbocycles. The van der Waals surface area contributed by atoms with Gasteiger partial charge >= 0.3 is 0 Å². The van der Waals surface area contributed by atoms with Crippen molar-refractivity contribution in [3.05, 3.63) is 77.0 Å². The van der Waals surface area contributed by atoms with Crippen LogP contribution < -0.4 is 0 Å². The molecule has 4 rings (SSSR count). The molecule has 0 spiro atoms. The predicted molar refractivity (Wildman–Crippen MR) is 111 cm³/mol. The third-order valence-electron chi connectivity index (χ3n) is 5.52. The maximum atomic E-state index is 12.9. The lowest BCUT2D eigenvalue weighted by Crippen LogP contribution is -2.48. The molecule has 28 heavy (non-hydrogen) atoms. The zero-order valence-corrected chi connectivity index (χ0v) is 16.5. The number of carbonyl (C=O) groups excluding carboxylic acids is 1. The number of benzene rings is 2. The number of piperazine rings is 1. The Balaban J connectivity index is 1.38. The first-order valence-corrected chi connectivity index (χ1v) is 9.79. The summed E-state index contributed by atoms with van der Waals surface area (Å²) >= 11 is 0. The van der Waals surface area contributed by atoms with E-state index in [-0.39, 0.29) is 5.91 Å². The minimum atomic E-state index is 0.0296. The van der Waals surface area contributed by atoms with Gasteiger partial charge in [-0.15, -0.1) is 0 Å². The molecule has 2 heterocycles. The number of nitrogens with one attached hydrogen (secondary N) is 1. The fraction of sp³-hybridized carbons (Fsp3) is 0.304. The van der Waals surface area contributed by atoms with Crippen molar-refractivity contribution in [3.63, 3.8) is 0 Å². The van der Waals surface area contributed by atoms with Crippen molar-refractivity contribution in [2.24, 2.45) is 0 Å². The third-order valence-corrected chi connectivity index (χ3v) is 5.52. The van der Waals surface area contributed by atoms with Gasteiger partial charge in [0.1, 0.15) is 5.69 Å². The first-order valence-electron chi connectivity index (χ1n) is 9.79. The van der Waals surface area contributed by atoms with Crippen molar-refractivity contribution in [1.29, 1.82) is 0 Å². The summed E-state index contributed by atoms with van der Waals surface area (Å²) in [7, 11) is 0. The van der Waals surface area contributed by atoms with E-state index >= 15 is 0 Å². The van der Waals surface area contributed by atoms with Crippen molar-refractivity contribution in [1.82, 2.24) is 20.0 Å². The lowest BCUT2D eigenvalue weighted by atomic mass is 10.0. The topological polar surface area (TPSA) is 52.2 Å². The minimum Gasteiger partial charge on any atom is -0.335 e. The van der Waals surface area contributed by atoms with Crippen LogP contribution in [-0.2, 0) is 6.54 Å². The van der Waals surface area contributed by atoms with Gasteiger partial charge in [0, 0.05) is 38.3 Å². The smallest absolute Gasteiger partial charge is 0.271 e. The van der Waals surface area contributed by atoms with Crippen molar-refractivity contribution in [2.45, 2.75) is 20.4 Å². The largest absolute Gasteiger partial charge is 0.335 e. The number of hydrogen-bond donors (Lipinski definition) is 1. The Kier molecular flexibility index (Phi) is 5.26. The average molecular weight is 374 g/mol. The summed E-state index contributed by atoms with van der Waals surface area (Å²) < 4.78 is 0. The number of aromatic amines is 1. The molecule has 2 aromatic carbocycles. The number of hydrogen-bond acceptors (Lipinski definition) is 3. The lowest BCUT2D eigenvalue weighted by molar-refractivity contribution is 0.0622. The summed E-state index contributed by atoms with van der Waals surface area (Å²) in [6, 6.07) is 18.6. The number of amides is 1. The van der Waals surface area contributed by atoms with Crippen molar-refractivity contribution >= 4 is 5.91 Å². The van der Waals surface area contributed by atoms with E-state index in [1.165, 1.54) is 16.7 Å². The summed E-state index contributed by atoms with van der Waals surface area (Å²) in [4.78, 5) is 17.2. The monoisotopic (exact) mass is 374 g/mol. The van der Waals surface area contributed by atoms with Gasteiger partial charge in [-0.3, -0.25) is 14.8 Å². The second-order valence-corrected chi connectivity index (χ2v) is 7.52. The van der Waals surface area contributed by atoms with E-state index in [1.54, 1.807) is 0 Å². The lowest BCUT2D eigenvalue weighted by Gasteiger charge is -2.34. The Morgan fingerprint density at radius 1 is 0.964 bits per heavy atom. The maximum Gasteiger partial charge on any atom is 0.271 e. The van der Waals surface area contributed by atoms with Gasteiger partial charge < -0.3 is 4.90 Å². The highest BCUT2D eigenvalue weighted by Crippen LogP contribution is 2.21. The van der Waals surface area contributed by atoms with E-state index < -0.39 is 0 Å². The molecule has 0 saturated carbocycles. The number of aryl methyl sites for hydroxylation is 2. The van der Waals surface area contributed by atoms with Crippen molar-refractivity contribution in [2.75, 3.05) is 26.2 Å². The fourth-order valence-electron chi connectivity index (χ4n) is 3.60. The molecule has 0 atom stereocenters. The van der Waals surface area contributed by atoms with Crippen LogP contribution in [-0.4, -0.2) is 52.1 Å². The van der Waals surface area contributed by atoms with E-state index in [0.29, 0.717) is 5.69 Å². The predicted octanol–water partition coefficient (Wildman–Crippen LogP) is 3.65. The molecule has 1 N–H and O–H groups in total. The highest BCUT2D eigenvalue weighted by atomic mass is 16.2. The highest BCUT2D eigenvalue weighted by molar-refractivity contribution is 5.93. The van der Waals surface area contributed by atoms with Gasteiger partial charge in [0.15, 0.2) is 0 Å². The summed E-state index contributed by atoms with van der Waals surface area (Å²) in [5.74, 6) is 0.0296. The van der Waals surface area contributed by atoms with Gasteiger partial charge in [-0.25, -0.2) is 0 Å². The van der Waals surface area contributed by atoms with Crippen LogP contribution in [0.4, 0.5) is 0 Å². The van der Waals surface area contributed by atoms with Crippen LogP contribution in [0.3, 0.4) is 0 Å². The number of nitrogens with zero attached hydrogens (tertiary/aromatic N) is 3. The second-order valence-electron chi connectivity index (χ2n) is 7.52. The SMILES string of the molecule is Cc1ccc(-c2cc(C(=O)N3CCN(Cc4ccccc4)CC3)[nH]n2)cc1C. The average Bonchev–Trinajstić information content (AvgIpc) is 3.21. The van der Waals surface area contributed by atoms with Crippen LogP contribution in [0.5, 0.6) is 0 Å². The van der Waals surface area contributed by atoms with E-state index in [9.17, 15) is 4.79 Å². The highest BCUT2D eigenvalue weighted by Gasteiger charge is 2.23. The quantitative estimate of drug-likeness (QED) is 0.758. The van der Waals surface area contributed by atoms with E-state index in [0.717, 1.165) is 44.0 Å². The van der Waals surface area contributed by atoms with Crippen LogP contribution in [0.1, 0.15) is 27.2 Å². The molecule has 0 unspecified atom stereocenters. The Bertz CT molecular complexity index is 956.